The summed E-state index contributed by atoms with van der Waals surface area (Å²) in [5.74, 6) is 0.204. The molecule has 76 valence electrons. The summed E-state index contributed by atoms with van der Waals surface area (Å²) < 4.78 is 5.20. The van der Waals surface area contributed by atoms with Crippen LogP contribution in [0.4, 0.5) is 0 Å². The van der Waals surface area contributed by atoms with Gasteiger partial charge in [-0.05, 0) is 12.1 Å². The summed E-state index contributed by atoms with van der Waals surface area (Å²) in [6.45, 7) is 0. The summed E-state index contributed by atoms with van der Waals surface area (Å²) in [6.07, 6.45) is 1.35. The van der Waals surface area contributed by atoms with Gasteiger partial charge in [-0.15, -0.1) is 0 Å². The fourth-order valence-corrected chi connectivity index (χ4v) is 1.22. The highest BCUT2D eigenvalue weighted by atomic mass is 16.3. The van der Waals surface area contributed by atoms with Gasteiger partial charge in [0.05, 0.1) is 0 Å². The SMILES string of the molecule is CNC(=O)c1coc(-c2ccccc2)n1. The van der Waals surface area contributed by atoms with Crippen LogP contribution in [0.3, 0.4) is 0 Å². The number of hydrogen-bond donors (Lipinski definition) is 1. The van der Waals surface area contributed by atoms with Crippen LogP contribution in [0.25, 0.3) is 11.5 Å². The third kappa shape index (κ3) is 1.88. The van der Waals surface area contributed by atoms with E-state index < -0.39 is 0 Å². The second-order valence-electron chi connectivity index (χ2n) is 2.98. The van der Waals surface area contributed by atoms with Crippen molar-refractivity contribution in [2.24, 2.45) is 0 Å². The standard InChI is InChI=1S/C11H10N2O2/c1-12-10(14)9-7-15-11(13-9)8-5-3-2-4-6-8/h2-7H,1H3,(H,12,14). The molecule has 0 bridgehead atoms. The average Bonchev–Trinajstić information content (AvgIpc) is 2.78. The molecule has 0 aliphatic heterocycles. The monoisotopic (exact) mass is 202 g/mol. The maximum atomic E-state index is 11.2. The predicted molar refractivity (Wildman–Crippen MR) is 55.3 cm³/mol. The fourth-order valence-electron chi connectivity index (χ4n) is 1.22. The summed E-state index contributed by atoms with van der Waals surface area (Å²) >= 11 is 0. The van der Waals surface area contributed by atoms with Crippen molar-refractivity contribution in [2.45, 2.75) is 0 Å². The Balaban J connectivity index is 2.32. The summed E-state index contributed by atoms with van der Waals surface area (Å²) in [5, 5.41) is 2.48. The van der Waals surface area contributed by atoms with Crippen LogP contribution in [-0.2, 0) is 0 Å². The summed E-state index contributed by atoms with van der Waals surface area (Å²) in [5.41, 5.74) is 1.14. The van der Waals surface area contributed by atoms with Crippen molar-refractivity contribution in [3.8, 4) is 11.5 Å². The van der Waals surface area contributed by atoms with Crippen molar-refractivity contribution >= 4 is 5.91 Å². The van der Waals surface area contributed by atoms with E-state index >= 15 is 0 Å². The lowest BCUT2D eigenvalue weighted by Crippen LogP contribution is -2.17. The molecule has 0 fully saturated rings. The van der Waals surface area contributed by atoms with Gasteiger partial charge in [0.1, 0.15) is 6.26 Å². The van der Waals surface area contributed by atoms with Gasteiger partial charge in [-0.1, -0.05) is 18.2 Å². The molecular formula is C11H10N2O2. The van der Waals surface area contributed by atoms with Gasteiger partial charge in [0, 0.05) is 12.6 Å². The molecule has 15 heavy (non-hydrogen) atoms. The maximum Gasteiger partial charge on any atom is 0.272 e. The largest absolute Gasteiger partial charge is 0.444 e. The van der Waals surface area contributed by atoms with E-state index in [1.54, 1.807) is 7.05 Å². The van der Waals surface area contributed by atoms with Gasteiger partial charge in [0.25, 0.3) is 5.91 Å². The molecule has 0 spiro atoms. The van der Waals surface area contributed by atoms with Crippen LogP contribution < -0.4 is 5.32 Å². The maximum absolute atomic E-state index is 11.2. The molecule has 1 amide bonds. The Bertz CT molecular complexity index is 462. The molecule has 2 rings (SSSR count). The number of amides is 1. The van der Waals surface area contributed by atoms with E-state index in [9.17, 15) is 4.79 Å². The van der Waals surface area contributed by atoms with E-state index in [4.69, 9.17) is 4.42 Å². The van der Waals surface area contributed by atoms with Crippen molar-refractivity contribution < 1.29 is 9.21 Å². The Kier molecular flexibility index (Phi) is 2.49. The molecule has 0 atom stereocenters. The fraction of sp³-hybridized carbons (Fsp3) is 0.0909. The minimum Gasteiger partial charge on any atom is -0.444 e. The number of carbonyl (C=O) groups is 1. The minimum atomic E-state index is -0.249. The zero-order chi connectivity index (χ0) is 10.7. The van der Waals surface area contributed by atoms with Crippen LogP contribution in [0.2, 0.25) is 0 Å². The number of nitrogens with one attached hydrogen (secondary N) is 1. The van der Waals surface area contributed by atoms with Gasteiger partial charge in [0.2, 0.25) is 5.89 Å². The van der Waals surface area contributed by atoms with Gasteiger partial charge in [-0.3, -0.25) is 4.79 Å². The summed E-state index contributed by atoms with van der Waals surface area (Å²) in [6, 6.07) is 9.43. The molecule has 0 unspecified atom stereocenters. The average molecular weight is 202 g/mol. The molecule has 0 aliphatic carbocycles. The Hall–Kier alpha value is -2.10. The van der Waals surface area contributed by atoms with E-state index in [0.29, 0.717) is 5.89 Å². The first-order valence-corrected chi connectivity index (χ1v) is 4.54. The molecule has 0 radical (unpaired) electrons. The molecule has 1 aromatic heterocycles. The van der Waals surface area contributed by atoms with Crippen molar-refractivity contribution in [3.63, 3.8) is 0 Å². The lowest BCUT2D eigenvalue weighted by molar-refractivity contribution is 0.0958. The topological polar surface area (TPSA) is 55.1 Å². The predicted octanol–water partition coefficient (Wildman–Crippen LogP) is 1.70. The van der Waals surface area contributed by atoms with Crippen LogP contribution in [0.1, 0.15) is 10.5 Å². The quantitative estimate of drug-likeness (QED) is 0.806. The Morgan fingerprint density at radius 3 is 2.73 bits per heavy atom. The van der Waals surface area contributed by atoms with Crippen LogP contribution in [0.5, 0.6) is 0 Å². The molecule has 0 saturated carbocycles. The number of hydrogen-bond acceptors (Lipinski definition) is 3. The Morgan fingerprint density at radius 1 is 1.33 bits per heavy atom. The number of aromatic nitrogens is 1. The smallest absolute Gasteiger partial charge is 0.272 e. The lowest BCUT2D eigenvalue weighted by atomic mass is 10.2. The van der Waals surface area contributed by atoms with Gasteiger partial charge in [-0.25, -0.2) is 4.98 Å². The van der Waals surface area contributed by atoms with Gasteiger partial charge < -0.3 is 9.73 Å². The van der Waals surface area contributed by atoms with E-state index in [1.807, 2.05) is 30.3 Å². The molecule has 4 nitrogen and oxygen atoms in total. The molecular weight excluding hydrogens is 192 g/mol. The summed E-state index contributed by atoms with van der Waals surface area (Å²) in [7, 11) is 1.55. The van der Waals surface area contributed by atoms with Gasteiger partial charge in [-0.2, -0.15) is 0 Å². The van der Waals surface area contributed by atoms with Crippen LogP contribution in [-0.4, -0.2) is 17.9 Å². The summed E-state index contributed by atoms with van der Waals surface area (Å²) in [4.78, 5) is 15.3. The second-order valence-corrected chi connectivity index (χ2v) is 2.98. The molecule has 1 N–H and O–H groups in total. The Morgan fingerprint density at radius 2 is 2.07 bits per heavy atom. The van der Waals surface area contributed by atoms with E-state index in [-0.39, 0.29) is 11.6 Å². The number of oxazole rings is 1. The van der Waals surface area contributed by atoms with Crippen molar-refractivity contribution in [1.82, 2.24) is 10.3 Å². The van der Waals surface area contributed by atoms with E-state index in [1.165, 1.54) is 6.26 Å². The first-order chi connectivity index (χ1) is 7.31. The second kappa shape index (κ2) is 3.96. The number of carbonyl (C=O) groups excluding carboxylic acids is 1. The highest BCUT2D eigenvalue weighted by Crippen LogP contribution is 2.17. The zero-order valence-corrected chi connectivity index (χ0v) is 8.23. The number of nitrogens with zero attached hydrogens (tertiary/aromatic N) is 1. The molecule has 4 heteroatoms. The highest BCUT2D eigenvalue weighted by Gasteiger charge is 2.10. The minimum absolute atomic E-state index is 0.249. The van der Waals surface area contributed by atoms with Gasteiger partial charge in [0.15, 0.2) is 5.69 Å². The third-order valence-corrected chi connectivity index (χ3v) is 1.98. The molecule has 1 heterocycles. The number of benzene rings is 1. The Labute approximate surface area is 86.9 Å². The zero-order valence-electron chi connectivity index (χ0n) is 8.23. The molecule has 1 aromatic carbocycles. The molecule has 0 saturated heterocycles. The van der Waals surface area contributed by atoms with E-state index in [0.717, 1.165) is 5.56 Å². The normalized spacial score (nSPS) is 9.93. The van der Waals surface area contributed by atoms with Crippen LogP contribution >= 0.6 is 0 Å². The first kappa shape index (κ1) is 9.45. The highest BCUT2D eigenvalue weighted by molar-refractivity contribution is 5.92. The van der Waals surface area contributed by atoms with Crippen LogP contribution in [0.15, 0.2) is 41.0 Å². The van der Waals surface area contributed by atoms with E-state index in [2.05, 4.69) is 10.3 Å². The molecule has 2 aromatic rings. The van der Waals surface area contributed by atoms with Crippen molar-refractivity contribution in [3.05, 3.63) is 42.3 Å². The van der Waals surface area contributed by atoms with Crippen LogP contribution in [0, 0.1) is 0 Å². The third-order valence-electron chi connectivity index (χ3n) is 1.98. The van der Waals surface area contributed by atoms with Crippen molar-refractivity contribution in [1.29, 1.82) is 0 Å². The molecule has 0 aliphatic rings. The lowest BCUT2D eigenvalue weighted by Gasteiger charge is -1.92. The number of rotatable bonds is 2. The first-order valence-electron chi connectivity index (χ1n) is 4.54. The van der Waals surface area contributed by atoms with Gasteiger partial charge >= 0.3 is 0 Å². The van der Waals surface area contributed by atoms with Crippen molar-refractivity contribution in [2.75, 3.05) is 7.05 Å².